The van der Waals surface area contributed by atoms with Gasteiger partial charge >= 0.3 is 6.03 Å². The Kier molecular flexibility index (Phi) is 4.42. The lowest BCUT2D eigenvalue weighted by Gasteiger charge is -2.22. The molecule has 2 saturated heterocycles. The van der Waals surface area contributed by atoms with Crippen LogP contribution in [0.1, 0.15) is 12.8 Å². The Morgan fingerprint density at radius 2 is 2.25 bits per heavy atom. The molecule has 92 valence electrons. The summed E-state index contributed by atoms with van der Waals surface area (Å²) in [6, 6.07) is 0.0767. The van der Waals surface area contributed by atoms with Gasteiger partial charge in [-0.25, -0.2) is 4.79 Å². The molecule has 2 amide bonds. The topological polar surface area (TPSA) is 53.6 Å². The van der Waals surface area contributed by atoms with Gasteiger partial charge in [-0.1, -0.05) is 0 Å². The molecule has 0 saturated carbocycles. The van der Waals surface area contributed by atoms with Crippen molar-refractivity contribution in [1.82, 2.24) is 15.5 Å². The van der Waals surface area contributed by atoms with Crippen molar-refractivity contribution in [2.24, 2.45) is 5.92 Å². The Hall–Kier alpha value is -0.810. The zero-order valence-electron chi connectivity index (χ0n) is 9.71. The predicted octanol–water partition coefficient (Wildman–Crippen LogP) is 0.0278. The van der Waals surface area contributed by atoms with Crippen molar-refractivity contribution in [3.63, 3.8) is 0 Å². The Balaban J connectivity index is 1.52. The van der Waals surface area contributed by atoms with E-state index in [1.54, 1.807) is 0 Å². The molecule has 5 heteroatoms. The van der Waals surface area contributed by atoms with Crippen LogP contribution in [0.3, 0.4) is 0 Å². The normalized spacial score (nSPS) is 22.5. The van der Waals surface area contributed by atoms with E-state index < -0.39 is 0 Å². The highest BCUT2D eigenvalue weighted by Crippen LogP contribution is 2.12. The van der Waals surface area contributed by atoms with Gasteiger partial charge < -0.3 is 20.3 Å². The van der Waals surface area contributed by atoms with Crippen molar-refractivity contribution in [3.8, 4) is 0 Å². The molecule has 2 aliphatic rings. The molecular formula is C11H21N3O2. The first-order chi connectivity index (χ1) is 7.86. The number of amides is 2. The average molecular weight is 227 g/mol. The monoisotopic (exact) mass is 227 g/mol. The van der Waals surface area contributed by atoms with E-state index in [2.05, 4.69) is 10.6 Å². The van der Waals surface area contributed by atoms with Crippen molar-refractivity contribution < 1.29 is 9.53 Å². The minimum Gasteiger partial charge on any atom is -0.381 e. The zero-order chi connectivity index (χ0) is 11.2. The molecule has 2 heterocycles. The third-order valence-corrected chi connectivity index (χ3v) is 3.28. The first kappa shape index (κ1) is 11.7. The van der Waals surface area contributed by atoms with Crippen molar-refractivity contribution in [2.45, 2.75) is 12.8 Å². The molecule has 0 aliphatic carbocycles. The van der Waals surface area contributed by atoms with Gasteiger partial charge in [-0.3, -0.25) is 0 Å². The fraction of sp³-hybridized carbons (Fsp3) is 0.909. The van der Waals surface area contributed by atoms with E-state index in [1.165, 1.54) is 0 Å². The van der Waals surface area contributed by atoms with Crippen LogP contribution in [-0.4, -0.2) is 56.9 Å². The van der Waals surface area contributed by atoms with Crippen LogP contribution in [0, 0.1) is 5.92 Å². The van der Waals surface area contributed by atoms with E-state index in [1.807, 2.05) is 4.90 Å². The van der Waals surface area contributed by atoms with Crippen LogP contribution in [0.2, 0.25) is 0 Å². The summed E-state index contributed by atoms with van der Waals surface area (Å²) in [4.78, 5) is 13.1. The van der Waals surface area contributed by atoms with Crippen molar-refractivity contribution >= 4 is 6.03 Å². The molecule has 5 nitrogen and oxygen atoms in total. The van der Waals surface area contributed by atoms with Crippen LogP contribution < -0.4 is 10.6 Å². The van der Waals surface area contributed by atoms with E-state index in [9.17, 15) is 4.79 Å². The Morgan fingerprint density at radius 1 is 1.44 bits per heavy atom. The van der Waals surface area contributed by atoms with Crippen molar-refractivity contribution in [2.75, 3.05) is 45.9 Å². The third-order valence-electron chi connectivity index (χ3n) is 3.28. The minimum atomic E-state index is 0.0767. The molecule has 16 heavy (non-hydrogen) atoms. The maximum absolute atomic E-state index is 11.2. The van der Waals surface area contributed by atoms with Crippen LogP contribution >= 0.6 is 0 Å². The zero-order valence-corrected chi connectivity index (χ0v) is 9.71. The van der Waals surface area contributed by atoms with Crippen LogP contribution in [0.4, 0.5) is 4.79 Å². The SMILES string of the molecule is O=C1NCCN1CCNCC1CCOCC1. The molecule has 0 radical (unpaired) electrons. The van der Waals surface area contributed by atoms with E-state index in [0.717, 1.165) is 64.7 Å². The Morgan fingerprint density at radius 3 is 2.94 bits per heavy atom. The van der Waals surface area contributed by atoms with Crippen LogP contribution in [0.25, 0.3) is 0 Å². The van der Waals surface area contributed by atoms with E-state index in [4.69, 9.17) is 4.74 Å². The Labute approximate surface area is 96.5 Å². The molecule has 0 aromatic heterocycles. The van der Waals surface area contributed by atoms with Crippen LogP contribution in [0.15, 0.2) is 0 Å². The summed E-state index contributed by atoms with van der Waals surface area (Å²) in [6.07, 6.45) is 2.33. The molecular weight excluding hydrogens is 206 g/mol. The highest BCUT2D eigenvalue weighted by atomic mass is 16.5. The molecule has 0 spiro atoms. The van der Waals surface area contributed by atoms with Crippen LogP contribution in [-0.2, 0) is 4.74 Å². The number of hydrogen-bond acceptors (Lipinski definition) is 3. The van der Waals surface area contributed by atoms with Gasteiger partial charge in [0.15, 0.2) is 0 Å². The largest absolute Gasteiger partial charge is 0.381 e. The Bertz CT molecular complexity index is 229. The number of ether oxygens (including phenoxy) is 1. The maximum atomic E-state index is 11.2. The van der Waals surface area contributed by atoms with Gasteiger partial charge in [0.1, 0.15) is 0 Å². The summed E-state index contributed by atoms with van der Waals surface area (Å²) in [5.41, 5.74) is 0. The quantitative estimate of drug-likeness (QED) is 0.651. The van der Waals surface area contributed by atoms with Gasteiger partial charge in [0.05, 0.1) is 0 Å². The second-order valence-electron chi connectivity index (χ2n) is 4.48. The number of carbonyl (C=O) groups excluding carboxylic acids is 1. The van der Waals surface area contributed by atoms with Crippen molar-refractivity contribution in [1.29, 1.82) is 0 Å². The second-order valence-corrected chi connectivity index (χ2v) is 4.48. The second kappa shape index (κ2) is 6.06. The van der Waals surface area contributed by atoms with Gasteiger partial charge in [0.2, 0.25) is 0 Å². The average Bonchev–Trinajstić information content (AvgIpc) is 2.72. The molecule has 0 unspecified atom stereocenters. The fourth-order valence-electron chi connectivity index (χ4n) is 2.20. The number of carbonyl (C=O) groups is 1. The van der Waals surface area contributed by atoms with Gasteiger partial charge in [0.25, 0.3) is 0 Å². The van der Waals surface area contributed by atoms with Crippen molar-refractivity contribution in [3.05, 3.63) is 0 Å². The predicted molar refractivity (Wildman–Crippen MR) is 61.4 cm³/mol. The molecule has 0 atom stereocenters. The van der Waals surface area contributed by atoms with E-state index >= 15 is 0 Å². The molecule has 2 fully saturated rings. The third kappa shape index (κ3) is 3.35. The number of nitrogens with zero attached hydrogens (tertiary/aromatic N) is 1. The summed E-state index contributed by atoms with van der Waals surface area (Å²) in [5, 5.41) is 6.23. The lowest BCUT2D eigenvalue weighted by atomic mass is 10.0. The number of rotatable bonds is 5. The fourth-order valence-corrected chi connectivity index (χ4v) is 2.20. The molecule has 0 aromatic carbocycles. The van der Waals surface area contributed by atoms with Gasteiger partial charge in [0, 0.05) is 39.4 Å². The summed E-state index contributed by atoms with van der Waals surface area (Å²) < 4.78 is 5.31. The maximum Gasteiger partial charge on any atom is 0.317 e. The molecule has 0 bridgehead atoms. The first-order valence-corrected chi connectivity index (χ1v) is 6.17. The molecule has 2 N–H and O–H groups in total. The minimum absolute atomic E-state index is 0.0767. The smallest absolute Gasteiger partial charge is 0.317 e. The van der Waals surface area contributed by atoms with Crippen LogP contribution in [0.5, 0.6) is 0 Å². The first-order valence-electron chi connectivity index (χ1n) is 6.17. The summed E-state index contributed by atoms with van der Waals surface area (Å²) in [7, 11) is 0. The molecule has 2 rings (SSSR count). The lowest BCUT2D eigenvalue weighted by Crippen LogP contribution is -2.36. The summed E-state index contributed by atoms with van der Waals surface area (Å²) >= 11 is 0. The highest BCUT2D eigenvalue weighted by Gasteiger charge is 2.18. The summed E-state index contributed by atoms with van der Waals surface area (Å²) in [5.74, 6) is 0.751. The van der Waals surface area contributed by atoms with E-state index in [-0.39, 0.29) is 6.03 Å². The van der Waals surface area contributed by atoms with Gasteiger partial charge in [-0.15, -0.1) is 0 Å². The lowest BCUT2D eigenvalue weighted by molar-refractivity contribution is 0.0663. The van der Waals surface area contributed by atoms with Gasteiger partial charge in [-0.05, 0) is 25.3 Å². The number of hydrogen-bond donors (Lipinski definition) is 2. The standard InChI is InChI=1S/C11H21N3O2/c15-11-13-4-6-14(11)5-3-12-9-10-1-7-16-8-2-10/h10,12H,1-9H2,(H,13,15). The van der Waals surface area contributed by atoms with E-state index in [0.29, 0.717) is 0 Å². The van der Waals surface area contributed by atoms with Gasteiger partial charge in [-0.2, -0.15) is 0 Å². The molecule has 2 aliphatic heterocycles. The highest BCUT2D eigenvalue weighted by molar-refractivity contribution is 5.76. The number of nitrogens with one attached hydrogen (secondary N) is 2. The number of urea groups is 1. The molecule has 0 aromatic rings. The summed E-state index contributed by atoms with van der Waals surface area (Å²) in [6.45, 7) is 6.21.